The molecule has 0 aromatic heterocycles. The number of phenols is 1. The molecule has 0 radical (unpaired) electrons. The molecule has 1 amide bonds. The first-order valence-corrected chi connectivity index (χ1v) is 6.33. The fraction of sp³-hybridized carbons (Fsp3) is 0.500. The molecule has 0 atom stereocenters. The van der Waals surface area contributed by atoms with Crippen LogP contribution in [0.15, 0.2) is 18.2 Å². The molecule has 0 saturated heterocycles. The number of nitrogens with one attached hydrogen (secondary N) is 1. The van der Waals surface area contributed by atoms with Crippen LogP contribution in [0, 0.1) is 0 Å². The Labute approximate surface area is 113 Å². The van der Waals surface area contributed by atoms with Gasteiger partial charge in [-0.2, -0.15) is 0 Å². The van der Waals surface area contributed by atoms with Crippen LogP contribution >= 0.6 is 0 Å². The molecule has 1 aromatic carbocycles. The van der Waals surface area contributed by atoms with Gasteiger partial charge < -0.3 is 20.3 Å². The van der Waals surface area contributed by atoms with Gasteiger partial charge >= 0.3 is 0 Å². The number of rotatable bonds is 6. The second kappa shape index (κ2) is 6.43. The van der Waals surface area contributed by atoms with Gasteiger partial charge in [-0.05, 0) is 31.0 Å². The first-order chi connectivity index (χ1) is 8.95. The summed E-state index contributed by atoms with van der Waals surface area (Å²) in [5, 5.41) is 22.3. The summed E-state index contributed by atoms with van der Waals surface area (Å²) in [6, 6.07) is 4.42. The first-order valence-electron chi connectivity index (χ1n) is 6.33. The van der Waals surface area contributed by atoms with Gasteiger partial charge in [0, 0.05) is 12.1 Å². The third-order valence-corrected chi connectivity index (χ3v) is 3.34. The number of hydrogen-bond donors (Lipinski definition) is 3. The fourth-order valence-electron chi connectivity index (χ4n) is 1.68. The predicted molar refractivity (Wildman–Crippen MR) is 72.5 cm³/mol. The quantitative estimate of drug-likeness (QED) is 0.732. The molecule has 19 heavy (non-hydrogen) atoms. The maximum Gasteiger partial charge on any atom is 0.251 e. The Bertz CT molecular complexity index is 441. The van der Waals surface area contributed by atoms with Crippen molar-refractivity contribution in [2.75, 3.05) is 13.7 Å². The summed E-state index contributed by atoms with van der Waals surface area (Å²) in [7, 11) is 1.44. The normalized spacial score (nSPS) is 11.2. The third kappa shape index (κ3) is 3.86. The summed E-state index contributed by atoms with van der Waals surface area (Å²) in [5.74, 6) is -0.107. The average molecular weight is 267 g/mol. The van der Waals surface area contributed by atoms with Crippen molar-refractivity contribution in [3.8, 4) is 11.5 Å². The molecule has 0 spiro atoms. The Morgan fingerprint density at radius 2 is 2.00 bits per heavy atom. The number of hydrogen-bond acceptors (Lipinski definition) is 4. The van der Waals surface area contributed by atoms with E-state index in [1.165, 1.54) is 19.2 Å². The Morgan fingerprint density at radius 3 is 2.47 bits per heavy atom. The lowest BCUT2D eigenvalue weighted by atomic mass is 9.97. The molecule has 0 unspecified atom stereocenters. The Kier molecular flexibility index (Phi) is 5.18. The van der Waals surface area contributed by atoms with Crippen LogP contribution in [0.1, 0.15) is 37.0 Å². The summed E-state index contributed by atoms with van der Waals surface area (Å²) in [4.78, 5) is 11.9. The summed E-state index contributed by atoms with van der Waals surface area (Å²) in [5.41, 5.74) is -0.558. The van der Waals surface area contributed by atoms with Gasteiger partial charge in [-0.25, -0.2) is 0 Å². The third-order valence-electron chi connectivity index (χ3n) is 3.34. The molecular formula is C14H21NO4. The second-order valence-electron chi connectivity index (χ2n) is 4.50. The van der Waals surface area contributed by atoms with Crippen molar-refractivity contribution in [2.45, 2.75) is 32.3 Å². The molecule has 106 valence electrons. The zero-order chi connectivity index (χ0) is 14.5. The van der Waals surface area contributed by atoms with Crippen LogP contribution in [0.4, 0.5) is 0 Å². The number of benzene rings is 1. The average Bonchev–Trinajstić information content (AvgIpc) is 2.44. The van der Waals surface area contributed by atoms with Gasteiger partial charge in [0.05, 0.1) is 12.7 Å². The van der Waals surface area contributed by atoms with Crippen molar-refractivity contribution in [3.05, 3.63) is 23.8 Å². The van der Waals surface area contributed by atoms with Gasteiger partial charge in [-0.1, -0.05) is 13.8 Å². The number of aliphatic hydroxyl groups is 1. The highest BCUT2D eigenvalue weighted by Gasteiger charge is 2.23. The van der Waals surface area contributed by atoms with E-state index in [2.05, 4.69) is 5.32 Å². The van der Waals surface area contributed by atoms with Gasteiger partial charge in [0.25, 0.3) is 5.91 Å². The van der Waals surface area contributed by atoms with Gasteiger partial charge in [0.15, 0.2) is 11.5 Å². The number of carbonyl (C=O) groups is 1. The minimum absolute atomic E-state index is 0.0867. The van der Waals surface area contributed by atoms with Crippen molar-refractivity contribution in [2.24, 2.45) is 0 Å². The van der Waals surface area contributed by atoms with Gasteiger partial charge in [-0.15, -0.1) is 0 Å². The number of aromatic hydroxyl groups is 1. The molecule has 5 nitrogen and oxygen atoms in total. The minimum atomic E-state index is -0.885. The number of amides is 1. The fourth-order valence-corrected chi connectivity index (χ4v) is 1.68. The topological polar surface area (TPSA) is 78.8 Å². The first kappa shape index (κ1) is 15.3. The van der Waals surface area contributed by atoms with Gasteiger partial charge in [0.1, 0.15) is 0 Å². The highest BCUT2D eigenvalue weighted by molar-refractivity contribution is 5.94. The van der Waals surface area contributed by atoms with E-state index < -0.39 is 5.60 Å². The number of phenolic OH excluding ortho intramolecular Hbond substituents is 1. The lowest BCUT2D eigenvalue weighted by molar-refractivity contribution is 0.0314. The summed E-state index contributed by atoms with van der Waals surface area (Å²) in [6.45, 7) is 3.93. The van der Waals surface area contributed by atoms with E-state index in [0.717, 1.165) is 0 Å². The minimum Gasteiger partial charge on any atom is -0.504 e. The van der Waals surface area contributed by atoms with Crippen molar-refractivity contribution in [1.29, 1.82) is 0 Å². The predicted octanol–water partition coefficient (Wildman–Crippen LogP) is 1.68. The van der Waals surface area contributed by atoms with E-state index in [4.69, 9.17) is 4.74 Å². The van der Waals surface area contributed by atoms with E-state index in [1.54, 1.807) is 6.07 Å². The molecule has 0 fully saturated rings. The van der Waals surface area contributed by atoms with Gasteiger partial charge in [0.2, 0.25) is 0 Å². The largest absolute Gasteiger partial charge is 0.504 e. The van der Waals surface area contributed by atoms with Crippen LogP contribution in [0.3, 0.4) is 0 Å². The molecule has 0 heterocycles. The van der Waals surface area contributed by atoms with Crippen LogP contribution in [-0.2, 0) is 0 Å². The number of carbonyl (C=O) groups excluding carboxylic acids is 1. The van der Waals surface area contributed by atoms with Crippen LogP contribution in [0.5, 0.6) is 11.5 Å². The number of ether oxygens (including phenoxy) is 1. The zero-order valence-corrected chi connectivity index (χ0v) is 11.6. The molecule has 1 rings (SSSR count). The maximum atomic E-state index is 11.9. The van der Waals surface area contributed by atoms with Crippen LogP contribution in [-0.4, -0.2) is 35.4 Å². The standard InChI is InChI=1S/C14H21NO4/c1-4-14(18,5-2)9-15-13(17)10-6-7-12(19-3)11(16)8-10/h6-8,16,18H,4-5,9H2,1-3H3,(H,15,17). The maximum absolute atomic E-state index is 11.9. The molecule has 0 aliphatic heterocycles. The molecule has 5 heteroatoms. The second-order valence-corrected chi connectivity index (χ2v) is 4.50. The SMILES string of the molecule is CCC(O)(CC)CNC(=O)c1ccc(OC)c(O)c1. The lowest BCUT2D eigenvalue weighted by Gasteiger charge is -2.25. The monoisotopic (exact) mass is 267 g/mol. The van der Waals surface area contributed by atoms with Crippen LogP contribution in [0.25, 0.3) is 0 Å². The van der Waals surface area contributed by atoms with Crippen LogP contribution in [0.2, 0.25) is 0 Å². The summed E-state index contributed by atoms with van der Waals surface area (Å²) >= 11 is 0. The molecule has 0 saturated carbocycles. The highest BCUT2D eigenvalue weighted by atomic mass is 16.5. The highest BCUT2D eigenvalue weighted by Crippen LogP contribution is 2.26. The van der Waals surface area contributed by atoms with Crippen molar-refractivity contribution in [1.82, 2.24) is 5.32 Å². The van der Waals surface area contributed by atoms with Crippen LogP contribution < -0.4 is 10.1 Å². The van der Waals surface area contributed by atoms with Gasteiger partial charge in [-0.3, -0.25) is 4.79 Å². The molecule has 0 aliphatic rings. The Hall–Kier alpha value is -1.75. The number of methoxy groups -OCH3 is 1. The molecule has 1 aromatic rings. The molecule has 0 aliphatic carbocycles. The zero-order valence-electron chi connectivity index (χ0n) is 11.6. The van der Waals surface area contributed by atoms with E-state index in [0.29, 0.717) is 24.2 Å². The van der Waals surface area contributed by atoms with Crippen molar-refractivity contribution in [3.63, 3.8) is 0 Å². The summed E-state index contributed by atoms with van der Waals surface area (Å²) in [6.07, 6.45) is 1.13. The molecular weight excluding hydrogens is 246 g/mol. The van der Waals surface area contributed by atoms with E-state index in [-0.39, 0.29) is 18.2 Å². The Balaban J connectivity index is 2.71. The van der Waals surface area contributed by atoms with Crippen molar-refractivity contribution < 1.29 is 19.7 Å². The molecule has 3 N–H and O–H groups in total. The van der Waals surface area contributed by atoms with E-state index in [1.807, 2.05) is 13.8 Å². The smallest absolute Gasteiger partial charge is 0.251 e. The van der Waals surface area contributed by atoms with E-state index in [9.17, 15) is 15.0 Å². The lowest BCUT2D eigenvalue weighted by Crippen LogP contribution is -2.42. The summed E-state index contributed by atoms with van der Waals surface area (Å²) < 4.78 is 4.91. The van der Waals surface area contributed by atoms with Crippen molar-refractivity contribution >= 4 is 5.91 Å². The van der Waals surface area contributed by atoms with E-state index >= 15 is 0 Å². The molecule has 0 bridgehead atoms. The Morgan fingerprint density at radius 1 is 1.37 bits per heavy atom.